The van der Waals surface area contributed by atoms with Crippen molar-refractivity contribution in [3.63, 3.8) is 0 Å². The Balaban J connectivity index is 1.83. The van der Waals surface area contributed by atoms with Crippen LogP contribution in [0.1, 0.15) is 6.92 Å². The number of pyridine rings is 1. The average molecular weight is 261 g/mol. The number of imidazole rings is 1. The van der Waals surface area contributed by atoms with E-state index in [1.807, 2.05) is 10.6 Å². The minimum atomic E-state index is 0.168. The molecule has 2 aromatic heterocycles. The van der Waals surface area contributed by atoms with Gasteiger partial charge in [-0.05, 0) is 12.6 Å². The number of ether oxygens (including phenoxy) is 1. The van der Waals surface area contributed by atoms with Crippen LogP contribution >= 0.6 is 0 Å². The Labute approximate surface area is 112 Å². The first-order valence-electron chi connectivity index (χ1n) is 6.67. The van der Waals surface area contributed by atoms with Crippen molar-refractivity contribution in [1.82, 2.24) is 19.4 Å². The minimum Gasteiger partial charge on any atom is -0.374 e. The van der Waals surface area contributed by atoms with Crippen LogP contribution in [0.4, 0.5) is 5.95 Å². The summed E-state index contributed by atoms with van der Waals surface area (Å²) < 4.78 is 7.84. The van der Waals surface area contributed by atoms with Crippen molar-refractivity contribution >= 4 is 17.0 Å². The summed E-state index contributed by atoms with van der Waals surface area (Å²) in [5.74, 6) is 0.528. The normalized spacial score (nSPS) is 21.0. The smallest absolute Gasteiger partial charge is 0.201 e. The maximum Gasteiger partial charge on any atom is 0.201 e. The van der Waals surface area contributed by atoms with E-state index in [0.29, 0.717) is 5.95 Å². The fraction of sp³-hybridized carbons (Fsp3) is 0.538. The van der Waals surface area contributed by atoms with Crippen LogP contribution in [-0.2, 0) is 11.3 Å². The number of anilines is 1. The van der Waals surface area contributed by atoms with Crippen LogP contribution in [0.15, 0.2) is 18.5 Å². The number of nitrogens with zero attached hydrogens (tertiary/aromatic N) is 4. The zero-order chi connectivity index (χ0) is 13.2. The second-order valence-electron chi connectivity index (χ2n) is 4.83. The Bertz CT molecular complexity index is 567. The summed E-state index contributed by atoms with van der Waals surface area (Å²) in [6, 6.07) is 1.94. The van der Waals surface area contributed by atoms with Gasteiger partial charge in [-0.15, -0.1) is 0 Å². The number of nitrogen functional groups attached to an aromatic ring is 1. The van der Waals surface area contributed by atoms with E-state index in [1.54, 1.807) is 12.4 Å². The summed E-state index contributed by atoms with van der Waals surface area (Å²) in [5.41, 5.74) is 7.85. The van der Waals surface area contributed by atoms with Crippen LogP contribution < -0.4 is 5.73 Å². The number of aromatic nitrogens is 3. The van der Waals surface area contributed by atoms with Crippen LogP contribution in [0.25, 0.3) is 11.0 Å². The van der Waals surface area contributed by atoms with Gasteiger partial charge in [0.25, 0.3) is 0 Å². The van der Waals surface area contributed by atoms with Crippen LogP contribution in [0, 0.1) is 0 Å². The van der Waals surface area contributed by atoms with Gasteiger partial charge >= 0.3 is 0 Å². The first-order chi connectivity index (χ1) is 9.28. The molecule has 6 heteroatoms. The predicted molar refractivity (Wildman–Crippen MR) is 73.8 cm³/mol. The fourth-order valence-corrected chi connectivity index (χ4v) is 2.57. The molecule has 1 aliphatic rings. The van der Waals surface area contributed by atoms with Gasteiger partial charge in [0.1, 0.15) is 5.52 Å². The van der Waals surface area contributed by atoms with E-state index in [-0.39, 0.29) is 6.10 Å². The second-order valence-corrected chi connectivity index (χ2v) is 4.83. The molecule has 0 aromatic carbocycles. The second kappa shape index (κ2) is 5.14. The Morgan fingerprint density at radius 1 is 1.53 bits per heavy atom. The van der Waals surface area contributed by atoms with Gasteiger partial charge in [-0.1, -0.05) is 6.92 Å². The molecule has 0 saturated carbocycles. The highest BCUT2D eigenvalue weighted by Crippen LogP contribution is 2.18. The van der Waals surface area contributed by atoms with Crippen molar-refractivity contribution in [1.29, 1.82) is 0 Å². The third kappa shape index (κ3) is 2.41. The van der Waals surface area contributed by atoms with Crippen molar-refractivity contribution < 1.29 is 4.74 Å². The first kappa shape index (κ1) is 12.4. The van der Waals surface area contributed by atoms with Gasteiger partial charge in [0.15, 0.2) is 0 Å². The maximum absolute atomic E-state index is 5.99. The Morgan fingerprint density at radius 3 is 3.26 bits per heavy atom. The number of hydrogen-bond donors (Lipinski definition) is 1. The van der Waals surface area contributed by atoms with E-state index in [1.165, 1.54) is 0 Å². The van der Waals surface area contributed by atoms with Crippen molar-refractivity contribution in [3.05, 3.63) is 18.5 Å². The monoisotopic (exact) mass is 261 g/mol. The number of hydrogen-bond acceptors (Lipinski definition) is 5. The Morgan fingerprint density at radius 2 is 2.42 bits per heavy atom. The standard InChI is InChI=1S/C13H19N5O/c1-2-17-5-6-19-10(8-17)9-18-12-3-4-15-7-11(12)16-13(18)14/h3-4,7,10H,2,5-6,8-9H2,1H3,(H2,14,16). The Hall–Kier alpha value is -1.66. The largest absolute Gasteiger partial charge is 0.374 e. The highest BCUT2D eigenvalue weighted by atomic mass is 16.5. The van der Waals surface area contributed by atoms with Crippen LogP contribution in [-0.4, -0.2) is 51.8 Å². The summed E-state index contributed by atoms with van der Waals surface area (Å²) in [6.45, 7) is 6.71. The zero-order valence-electron chi connectivity index (χ0n) is 11.1. The molecule has 0 aliphatic carbocycles. The molecule has 3 rings (SSSR count). The molecule has 1 fully saturated rings. The highest BCUT2D eigenvalue weighted by molar-refractivity contribution is 5.77. The van der Waals surface area contributed by atoms with Gasteiger partial charge in [-0.2, -0.15) is 0 Å². The van der Waals surface area contributed by atoms with Gasteiger partial charge < -0.3 is 15.0 Å². The molecule has 6 nitrogen and oxygen atoms in total. The molecule has 3 heterocycles. The molecular weight excluding hydrogens is 242 g/mol. The van der Waals surface area contributed by atoms with E-state index >= 15 is 0 Å². The van der Waals surface area contributed by atoms with E-state index < -0.39 is 0 Å². The lowest BCUT2D eigenvalue weighted by Gasteiger charge is -2.32. The Kier molecular flexibility index (Phi) is 3.35. The van der Waals surface area contributed by atoms with Gasteiger partial charge in [-0.3, -0.25) is 9.88 Å². The van der Waals surface area contributed by atoms with E-state index in [4.69, 9.17) is 10.5 Å². The third-order valence-electron chi connectivity index (χ3n) is 3.64. The molecule has 0 radical (unpaired) electrons. The van der Waals surface area contributed by atoms with Crippen LogP contribution in [0.2, 0.25) is 0 Å². The summed E-state index contributed by atoms with van der Waals surface area (Å²) in [5, 5.41) is 0. The maximum atomic E-state index is 5.99. The molecule has 0 bridgehead atoms. The quantitative estimate of drug-likeness (QED) is 0.882. The predicted octanol–water partition coefficient (Wildman–Crippen LogP) is 0.734. The summed E-state index contributed by atoms with van der Waals surface area (Å²) >= 11 is 0. The van der Waals surface area contributed by atoms with Crippen LogP contribution in [0.3, 0.4) is 0 Å². The molecule has 1 unspecified atom stereocenters. The number of likely N-dealkylation sites (N-methyl/N-ethyl adjacent to an activating group) is 1. The third-order valence-corrected chi connectivity index (χ3v) is 3.64. The zero-order valence-corrected chi connectivity index (χ0v) is 11.1. The van der Waals surface area contributed by atoms with Gasteiger partial charge in [-0.25, -0.2) is 4.98 Å². The van der Waals surface area contributed by atoms with E-state index in [9.17, 15) is 0 Å². The van der Waals surface area contributed by atoms with Crippen molar-refractivity contribution in [2.45, 2.75) is 19.6 Å². The molecule has 2 N–H and O–H groups in total. The molecule has 19 heavy (non-hydrogen) atoms. The summed E-state index contributed by atoms with van der Waals surface area (Å²) in [7, 11) is 0. The average Bonchev–Trinajstić information content (AvgIpc) is 2.76. The number of nitrogens with two attached hydrogens (primary N) is 1. The van der Waals surface area contributed by atoms with Crippen molar-refractivity contribution in [2.75, 3.05) is 32.0 Å². The number of fused-ring (bicyclic) bond motifs is 1. The molecule has 102 valence electrons. The fourth-order valence-electron chi connectivity index (χ4n) is 2.57. The van der Waals surface area contributed by atoms with Crippen molar-refractivity contribution in [2.24, 2.45) is 0 Å². The lowest BCUT2D eigenvalue weighted by Crippen LogP contribution is -2.44. The van der Waals surface area contributed by atoms with E-state index in [0.717, 1.165) is 43.8 Å². The highest BCUT2D eigenvalue weighted by Gasteiger charge is 2.21. The molecule has 1 atom stereocenters. The molecular formula is C13H19N5O. The van der Waals surface area contributed by atoms with Gasteiger partial charge in [0.2, 0.25) is 5.95 Å². The SMILES string of the molecule is CCN1CCOC(Cn2c(N)nc3cnccc32)C1. The van der Waals surface area contributed by atoms with Gasteiger partial charge in [0, 0.05) is 19.3 Å². The molecule has 0 amide bonds. The summed E-state index contributed by atoms with van der Waals surface area (Å²) in [4.78, 5) is 10.8. The topological polar surface area (TPSA) is 69.2 Å². The van der Waals surface area contributed by atoms with Crippen LogP contribution in [0.5, 0.6) is 0 Å². The molecule has 1 aliphatic heterocycles. The first-order valence-corrected chi connectivity index (χ1v) is 6.67. The molecule has 0 spiro atoms. The molecule has 1 saturated heterocycles. The lowest BCUT2D eigenvalue weighted by molar-refractivity contribution is -0.0335. The van der Waals surface area contributed by atoms with Crippen molar-refractivity contribution in [3.8, 4) is 0 Å². The van der Waals surface area contributed by atoms with Gasteiger partial charge in [0.05, 0.1) is 31.0 Å². The lowest BCUT2D eigenvalue weighted by atomic mass is 10.2. The number of morpholine rings is 1. The summed E-state index contributed by atoms with van der Waals surface area (Å²) in [6.07, 6.45) is 3.67. The molecule has 2 aromatic rings. The minimum absolute atomic E-state index is 0.168. The number of rotatable bonds is 3. The van der Waals surface area contributed by atoms with E-state index in [2.05, 4.69) is 21.8 Å².